The maximum atomic E-state index is 4.67. The molecular formula is C15H20N4. The zero-order valence-corrected chi connectivity index (χ0v) is 12.2. The van der Waals surface area contributed by atoms with Crippen molar-refractivity contribution >= 4 is 5.82 Å². The fourth-order valence-electron chi connectivity index (χ4n) is 2.24. The van der Waals surface area contributed by atoms with E-state index in [4.69, 9.17) is 0 Å². The average molecular weight is 256 g/mol. The lowest BCUT2D eigenvalue weighted by Gasteiger charge is -2.11. The molecule has 0 fully saturated rings. The van der Waals surface area contributed by atoms with Crippen molar-refractivity contribution in [3.05, 3.63) is 34.8 Å². The second-order valence-corrected chi connectivity index (χ2v) is 4.71. The summed E-state index contributed by atoms with van der Waals surface area (Å²) in [4.78, 5) is 13.7. The van der Waals surface area contributed by atoms with Crippen LogP contribution in [0.25, 0.3) is 11.4 Å². The first-order valence-electron chi connectivity index (χ1n) is 6.56. The molecule has 1 N–H and O–H groups in total. The second kappa shape index (κ2) is 5.34. The van der Waals surface area contributed by atoms with Crippen molar-refractivity contribution in [2.75, 3.05) is 12.4 Å². The highest BCUT2D eigenvalue weighted by Gasteiger charge is 2.11. The highest BCUT2D eigenvalue weighted by Crippen LogP contribution is 2.23. The lowest BCUT2D eigenvalue weighted by atomic mass is 10.1. The zero-order chi connectivity index (χ0) is 14.0. The summed E-state index contributed by atoms with van der Waals surface area (Å²) >= 11 is 0. The van der Waals surface area contributed by atoms with Gasteiger partial charge in [0, 0.05) is 35.3 Å². The fourth-order valence-corrected chi connectivity index (χ4v) is 2.24. The van der Waals surface area contributed by atoms with E-state index < -0.39 is 0 Å². The summed E-state index contributed by atoms with van der Waals surface area (Å²) in [5.74, 6) is 1.66. The van der Waals surface area contributed by atoms with E-state index in [0.717, 1.165) is 46.3 Å². The van der Waals surface area contributed by atoms with Crippen LogP contribution in [0, 0.1) is 20.8 Å². The molecule has 2 rings (SSSR count). The minimum Gasteiger partial charge on any atom is -0.373 e. The fraction of sp³-hybridized carbons (Fsp3) is 0.400. The molecule has 100 valence electrons. The molecule has 0 unspecified atom stereocenters. The van der Waals surface area contributed by atoms with E-state index in [1.165, 1.54) is 0 Å². The van der Waals surface area contributed by atoms with Crippen LogP contribution in [0.4, 0.5) is 5.82 Å². The summed E-state index contributed by atoms with van der Waals surface area (Å²) < 4.78 is 0. The van der Waals surface area contributed by atoms with Crippen molar-refractivity contribution in [3.63, 3.8) is 0 Å². The van der Waals surface area contributed by atoms with Crippen LogP contribution in [-0.4, -0.2) is 22.0 Å². The van der Waals surface area contributed by atoms with Crippen LogP contribution in [0.15, 0.2) is 12.1 Å². The molecule has 0 aromatic carbocycles. The molecule has 0 aliphatic carbocycles. The Labute approximate surface area is 114 Å². The zero-order valence-electron chi connectivity index (χ0n) is 12.2. The summed E-state index contributed by atoms with van der Waals surface area (Å²) in [6.45, 7) is 8.15. The number of nitrogens with zero attached hydrogens (tertiary/aromatic N) is 3. The van der Waals surface area contributed by atoms with Crippen molar-refractivity contribution in [1.82, 2.24) is 15.0 Å². The van der Waals surface area contributed by atoms with Gasteiger partial charge in [-0.1, -0.05) is 6.92 Å². The van der Waals surface area contributed by atoms with E-state index in [9.17, 15) is 0 Å². The molecule has 0 saturated heterocycles. The van der Waals surface area contributed by atoms with Gasteiger partial charge < -0.3 is 5.32 Å². The van der Waals surface area contributed by atoms with Crippen molar-refractivity contribution in [2.45, 2.75) is 34.1 Å². The van der Waals surface area contributed by atoms with Gasteiger partial charge in [0.05, 0.1) is 0 Å². The number of rotatable bonds is 3. The lowest BCUT2D eigenvalue weighted by molar-refractivity contribution is 0.975. The van der Waals surface area contributed by atoms with Gasteiger partial charge in [0.2, 0.25) is 0 Å². The van der Waals surface area contributed by atoms with Crippen molar-refractivity contribution in [1.29, 1.82) is 0 Å². The van der Waals surface area contributed by atoms with E-state index in [2.05, 4.69) is 34.1 Å². The largest absolute Gasteiger partial charge is 0.373 e. The highest BCUT2D eigenvalue weighted by atomic mass is 15.0. The van der Waals surface area contributed by atoms with E-state index >= 15 is 0 Å². The molecule has 0 bridgehead atoms. The minimum absolute atomic E-state index is 0.764. The van der Waals surface area contributed by atoms with Gasteiger partial charge >= 0.3 is 0 Å². The Hall–Kier alpha value is -1.97. The number of nitrogens with one attached hydrogen (secondary N) is 1. The third-order valence-corrected chi connectivity index (χ3v) is 3.16. The van der Waals surface area contributed by atoms with Crippen LogP contribution in [0.2, 0.25) is 0 Å². The second-order valence-electron chi connectivity index (χ2n) is 4.71. The van der Waals surface area contributed by atoms with Gasteiger partial charge in [-0.25, -0.2) is 9.97 Å². The summed E-state index contributed by atoms with van der Waals surface area (Å²) in [5, 5.41) is 3.14. The standard InChI is InChI=1S/C15H20N4/c1-6-13-11(4)14(16-5)19-15(18-13)12-7-9(2)17-10(3)8-12/h7-8H,6H2,1-5H3,(H,16,18,19). The monoisotopic (exact) mass is 256 g/mol. The SMILES string of the molecule is CCc1nc(-c2cc(C)nc(C)c2)nc(NC)c1C. The Morgan fingerprint density at radius 3 is 2.16 bits per heavy atom. The van der Waals surface area contributed by atoms with Crippen LogP contribution < -0.4 is 5.32 Å². The first kappa shape index (κ1) is 13.5. The third-order valence-electron chi connectivity index (χ3n) is 3.16. The quantitative estimate of drug-likeness (QED) is 0.917. The number of pyridine rings is 1. The number of aryl methyl sites for hydroxylation is 3. The molecule has 0 radical (unpaired) electrons. The number of hydrogen-bond acceptors (Lipinski definition) is 4. The molecule has 19 heavy (non-hydrogen) atoms. The Kier molecular flexibility index (Phi) is 3.79. The summed E-state index contributed by atoms with van der Waals surface area (Å²) in [6, 6.07) is 4.05. The van der Waals surface area contributed by atoms with Gasteiger partial charge in [-0.3, -0.25) is 4.98 Å². The lowest BCUT2D eigenvalue weighted by Crippen LogP contribution is -2.05. The van der Waals surface area contributed by atoms with E-state index in [1.54, 1.807) is 0 Å². The van der Waals surface area contributed by atoms with Gasteiger partial charge in [0.1, 0.15) is 5.82 Å². The maximum absolute atomic E-state index is 4.67. The number of hydrogen-bond donors (Lipinski definition) is 1. The van der Waals surface area contributed by atoms with E-state index in [1.807, 2.05) is 33.0 Å². The van der Waals surface area contributed by atoms with Gasteiger partial charge in [0.15, 0.2) is 5.82 Å². The average Bonchev–Trinajstić information content (AvgIpc) is 2.37. The minimum atomic E-state index is 0.764. The molecule has 4 nitrogen and oxygen atoms in total. The molecule has 0 amide bonds. The molecule has 0 spiro atoms. The van der Waals surface area contributed by atoms with Gasteiger partial charge in [-0.15, -0.1) is 0 Å². The Morgan fingerprint density at radius 2 is 1.63 bits per heavy atom. The smallest absolute Gasteiger partial charge is 0.161 e. The predicted molar refractivity (Wildman–Crippen MR) is 78.4 cm³/mol. The van der Waals surface area contributed by atoms with Gasteiger partial charge in [-0.05, 0) is 39.3 Å². The van der Waals surface area contributed by atoms with Crippen LogP contribution in [-0.2, 0) is 6.42 Å². The summed E-state index contributed by atoms with van der Waals surface area (Å²) in [7, 11) is 1.89. The third kappa shape index (κ3) is 2.72. The highest BCUT2D eigenvalue weighted by molar-refractivity contribution is 5.60. The number of anilines is 1. The van der Waals surface area contributed by atoms with E-state index in [0.29, 0.717) is 0 Å². The Bertz CT molecular complexity index is 560. The maximum Gasteiger partial charge on any atom is 0.161 e. The molecule has 2 heterocycles. The Balaban J connectivity index is 2.61. The molecule has 2 aromatic rings. The van der Waals surface area contributed by atoms with Crippen molar-refractivity contribution in [3.8, 4) is 11.4 Å². The first-order chi connectivity index (χ1) is 9.05. The van der Waals surface area contributed by atoms with Crippen LogP contribution in [0.5, 0.6) is 0 Å². The van der Waals surface area contributed by atoms with Gasteiger partial charge in [0.25, 0.3) is 0 Å². The van der Waals surface area contributed by atoms with Crippen LogP contribution in [0.1, 0.15) is 29.6 Å². The van der Waals surface area contributed by atoms with Crippen molar-refractivity contribution in [2.24, 2.45) is 0 Å². The van der Waals surface area contributed by atoms with Crippen LogP contribution >= 0.6 is 0 Å². The normalized spacial score (nSPS) is 10.6. The topological polar surface area (TPSA) is 50.7 Å². The van der Waals surface area contributed by atoms with Crippen LogP contribution in [0.3, 0.4) is 0 Å². The molecule has 0 aliphatic heterocycles. The van der Waals surface area contributed by atoms with Gasteiger partial charge in [-0.2, -0.15) is 0 Å². The molecule has 0 aliphatic rings. The first-order valence-corrected chi connectivity index (χ1v) is 6.56. The predicted octanol–water partition coefficient (Wildman–Crippen LogP) is 3.07. The molecular weight excluding hydrogens is 236 g/mol. The Morgan fingerprint density at radius 1 is 1.00 bits per heavy atom. The van der Waals surface area contributed by atoms with Crippen molar-refractivity contribution < 1.29 is 0 Å². The summed E-state index contributed by atoms with van der Waals surface area (Å²) in [6.07, 6.45) is 0.902. The molecule has 2 aromatic heterocycles. The number of aromatic nitrogens is 3. The molecule has 0 saturated carbocycles. The molecule has 4 heteroatoms. The van der Waals surface area contributed by atoms with E-state index in [-0.39, 0.29) is 0 Å². The molecule has 0 atom stereocenters. The summed E-state index contributed by atoms with van der Waals surface area (Å²) in [5.41, 5.74) is 5.21.